The van der Waals surface area contributed by atoms with Crippen molar-refractivity contribution >= 4 is 17.3 Å². The summed E-state index contributed by atoms with van der Waals surface area (Å²) in [6.45, 7) is 5.31. The molecule has 0 saturated heterocycles. The molecule has 1 aliphatic heterocycles. The van der Waals surface area contributed by atoms with E-state index in [-0.39, 0.29) is 36.6 Å². The number of amides is 1. The summed E-state index contributed by atoms with van der Waals surface area (Å²) in [6, 6.07) is 7.29. The number of hydrogen-bond donors (Lipinski definition) is 2. The summed E-state index contributed by atoms with van der Waals surface area (Å²) in [5.41, 5.74) is 0.516. The third-order valence-electron chi connectivity index (χ3n) is 5.03. The van der Waals surface area contributed by atoms with E-state index < -0.39 is 23.2 Å². The Kier molecular flexibility index (Phi) is 5.91. The summed E-state index contributed by atoms with van der Waals surface area (Å²) in [6.07, 6.45) is 1.90. The number of aromatic hydroxyl groups is 1. The number of nitrogens with one attached hydrogen (secondary N) is 1. The van der Waals surface area contributed by atoms with Gasteiger partial charge in [0.05, 0.1) is 11.8 Å². The van der Waals surface area contributed by atoms with E-state index in [4.69, 9.17) is 0 Å². The van der Waals surface area contributed by atoms with Crippen molar-refractivity contribution in [2.45, 2.75) is 32.4 Å². The number of rotatable bonds is 6. The highest BCUT2D eigenvalue weighted by Gasteiger charge is 2.35. The van der Waals surface area contributed by atoms with Crippen molar-refractivity contribution in [3.63, 3.8) is 0 Å². The van der Waals surface area contributed by atoms with Crippen LogP contribution in [0.2, 0.25) is 0 Å². The van der Waals surface area contributed by atoms with Crippen molar-refractivity contribution in [2.24, 2.45) is 5.10 Å². The number of nitrogens with zero attached hydrogens (tertiary/aromatic N) is 4. The Morgan fingerprint density at radius 1 is 1.33 bits per heavy atom. The Balaban J connectivity index is 2.07. The van der Waals surface area contributed by atoms with Gasteiger partial charge in [-0.25, -0.2) is 9.80 Å². The van der Waals surface area contributed by atoms with Gasteiger partial charge in [0.1, 0.15) is 5.56 Å². The molecule has 1 amide bonds. The molecule has 0 saturated carbocycles. The predicted octanol–water partition coefficient (Wildman–Crippen LogP) is 1.58. The summed E-state index contributed by atoms with van der Waals surface area (Å²) in [7, 11) is 3.87. The lowest BCUT2D eigenvalue weighted by Crippen LogP contribution is -2.33. The van der Waals surface area contributed by atoms with E-state index in [1.165, 1.54) is 11.1 Å². The summed E-state index contributed by atoms with van der Waals surface area (Å²) >= 11 is 0. The number of anilines is 1. The zero-order valence-electron chi connectivity index (χ0n) is 17.3. The lowest BCUT2D eigenvalue weighted by atomic mass is 9.98. The van der Waals surface area contributed by atoms with Crippen LogP contribution in [0.25, 0.3) is 0 Å². The van der Waals surface area contributed by atoms with E-state index in [9.17, 15) is 19.5 Å². The maximum atomic E-state index is 12.5. The molecule has 0 radical (unpaired) electrons. The van der Waals surface area contributed by atoms with Gasteiger partial charge in [-0.15, -0.1) is 6.58 Å². The maximum absolute atomic E-state index is 12.5. The van der Waals surface area contributed by atoms with Gasteiger partial charge in [-0.2, -0.15) is 5.10 Å². The molecule has 0 bridgehead atoms. The number of carbonyl (C=O) groups excluding carboxylic acids is 1. The normalized spacial score (nSPS) is 15.8. The smallest absolute Gasteiger partial charge is 0.331 e. The molecule has 0 aliphatic carbocycles. The Morgan fingerprint density at radius 2 is 2.00 bits per heavy atom. The molecule has 1 atom stereocenters. The minimum atomic E-state index is -0.746. The van der Waals surface area contributed by atoms with E-state index in [2.05, 4.69) is 16.7 Å². The Morgan fingerprint density at radius 3 is 2.57 bits per heavy atom. The molecule has 2 heterocycles. The Hall–Kier alpha value is -3.62. The number of H-pyrrole nitrogens is 1. The second-order valence-corrected chi connectivity index (χ2v) is 7.20. The van der Waals surface area contributed by atoms with Crippen molar-refractivity contribution in [3.8, 4) is 5.88 Å². The van der Waals surface area contributed by atoms with Gasteiger partial charge < -0.3 is 10.0 Å². The van der Waals surface area contributed by atoms with E-state index >= 15 is 0 Å². The molecule has 3 rings (SSSR count). The Labute approximate surface area is 173 Å². The second-order valence-electron chi connectivity index (χ2n) is 7.20. The van der Waals surface area contributed by atoms with Gasteiger partial charge in [0.15, 0.2) is 0 Å². The molecule has 9 nitrogen and oxygen atoms in total. The number of aromatic amines is 1. The molecule has 2 aromatic rings. The van der Waals surface area contributed by atoms with E-state index in [0.29, 0.717) is 0 Å². The fourth-order valence-electron chi connectivity index (χ4n) is 3.43. The van der Waals surface area contributed by atoms with Gasteiger partial charge in [-0.1, -0.05) is 25.1 Å². The van der Waals surface area contributed by atoms with Gasteiger partial charge in [-0.3, -0.25) is 19.1 Å². The number of aromatic nitrogens is 2. The van der Waals surface area contributed by atoms with Crippen LogP contribution in [0, 0.1) is 0 Å². The number of hydrogen-bond acceptors (Lipinski definition) is 6. The zero-order chi connectivity index (χ0) is 22.0. The summed E-state index contributed by atoms with van der Waals surface area (Å²) < 4.78 is 0.997. The molecule has 0 fully saturated rings. The monoisotopic (exact) mass is 411 g/mol. The van der Waals surface area contributed by atoms with Gasteiger partial charge >= 0.3 is 5.69 Å². The second kappa shape index (κ2) is 8.40. The first-order valence-electron chi connectivity index (χ1n) is 9.62. The summed E-state index contributed by atoms with van der Waals surface area (Å²) in [4.78, 5) is 41.2. The SMILES string of the molecule is C=CCn1c(O)c(C2=NN(C(=O)CC)[C@H](c3ccc(N(C)C)cc3)C2)c(=O)[nH]c1=O. The average molecular weight is 411 g/mol. The van der Waals surface area contributed by atoms with Crippen LogP contribution < -0.4 is 16.1 Å². The number of hydrazone groups is 1. The van der Waals surface area contributed by atoms with E-state index in [1.807, 2.05) is 43.3 Å². The van der Waals surface area contributed by atoms with Crippen molar-refractivity contribution in [2.75, 3.05) is 19.0 Å². The molecule has 1 aliphatic rings. The molecule has 0 spiro atoms. The van der Waals surface area contributed by atoms with Crippen LogP contribution in [0.1, 0.15) is 36.9 Å². The van der Waals surface area contributed by atoms with Crippen LogP contribution in [0.15, 0.2) is 51.6 Å². The van der Waals surface area contributed by atoms with E-state index in [0.717, 1.165) is 15.8 Å². The van der Waals surface area contributed by atoms with E-state index in [1.54, 1.807) is 6.92 Å². The quantitative estimate of drug-likeness (QED) is 0.701. The molecule has 2 N–H and O–H groups in total. The first kappa shape index (κ1) is 21.1. The topological polar surface area (TPSA) is 111 Å². The first-order valence-corrected chi connectivity index (χ1v) is 9.62. The summed E-state index contributed by atoms with van der Waals surface area (Å²) in [5.74, 6) is -0.697. The predicted molar refractivity (Wildman–Crippen MR) is 115 cm³/mol. The third-order valence-corrected chi connectivity index (χ3v) is 5.03. The van der Waals surface area contributed by atoms with Crippen LogP contribution in [0.4, 0.5) is 5.69 Å². The molecular formula is C21H25N5O4. The van der Waals surface area contributed by atoms with Crippen LogP contribution >= 0.6 is 0 Å². The fraction of sp³-hybridized carbons (Fsp3) is 0.333. The van der Waals surface area contributed by atoms with Crippen LogP contribution in [-0.2, 0) is 11.3 Å². The fourth-order valence-corrected chi connectivity index (χ4v) is 3.43. The molecule has 9 heteroatoms. The first-order chi connectivity index (χ1) is 14.3. The molecule has 1 aromatic heterocycles. The standard InChI is InChI=1S/C21H25N5O4/c1-5-11-25-20(29)18(19(28)22-21(25)30)15-12-16(26(23-15)17(27)6-2)13-7-9-14(10-8-13)24(3)4/h5,7-10,16,29H,1,6,11-12H2,2-4H3,(H,22,28,30)/t16-/m0/s1. The molecule has 158 valence electrons. The van der Waals surface area contributed by atoms with Crippen molar-refractivity contribution < 1.29 is 9.90 Å². The summed E-state index contributed by atoms with van der Waals surface area (Å²) in [5, 5.41) is 16.3. The minimum Gasteiger partial charge on any atom is -0.494 e. The highest BCUT2D eigenvalue weighted by atomic mass is 16.3. The van der Waals surface area contributed by atoms with Crippen molar-refractivity contribution in [3.05, 3.63) is 68.9 Å². The largest absolute Gasteiger partial charge is 0.494 e. The molecule has 0 unspecified atom stereocenters. The number of benzene rings is 1. The molecule has 1 aromatic carbocycles. The highest BCUT2D eigenvalue weighted by molar-refractivity contribution is 6.04. The van der Waals surface area contributed by atoms with Crippen LogP contribution in [-0.4, -0.2) is 45.4 Å². The van der Waals surface area contributed by atoms with Gasteiger partial charge in [-0.05, 0) is 17.7 Å². The lowest BCUT2D eigenvalue weighted by Gasteiger charge is -2.22. The minimum absolute atomic E-state index is 0.0226. The zero-order valence-corrected chi connectivity index (χ0v) is 17.3. The number of allylic oxidation sites excluding steroid dienone is 1. The average Bonchev–Trinajstić information content (AvgIpc) is 3.15. The number of carbonyl (C=O) groups is 1. The van der Waals surface area contributed by atoms with Crippen molar-refractivity contribution in [1.29, 1.82) is 0 Å². The van der Waals surface area contributed by atoms with Gasteiger partial charge in [0.2, 0.25) is 11.8 Å². The van der Waals surface area contributed by atoms with Crippen LogP contribution in [0.3, 0.4) is 0 Å². The van der Waals surface area contributed by atoms with Crippen molar-refractivity contribution in [1.82, 2.24) is 14.6 Å². The Bertz CT molecular complexity index is 1110. The van der Waals surface area contributed by atoms with Crippen LogP contribution in [0.5, 0.6) is 5.88 Å². The van der Waals surface area contributed by atoms with Gasteiger partial charge in [0.25, 0.3) is 5.56 Å². The highest BCUT2D eigenvalue weighted by Crippen LogP contribution is 2.34. The van der Waals surface area contributed by atoms with Gasteiger partial charge in [0, 0.05) is 39.2 Å². The lowest BCUT2D eigenvalue weighted by molar-refractivity contribution is -0.132. The molecule has 30 heavy (non-hydrogen) atoms. The third kappa shape index (κ3) is 3.78. The molecular weight excluding hydrogens is 386 g/mol. The maximum Gasteiger partial charge on any atom is 0.331 e.